The number of hydrazine groups is 1. The minimum absolute atomic E-state index is 0.0325. The third kappa shape index (κ3) is 1.67. The number of cyclic esters (lactones) is 2. The number of esters is 2. The molecule has 0 saturated carbocycles. The molecular weight excluding hydrogens is 200 g/mol. The van der Waals surface area contributed by atoms with E-state index in [0.29, 0.717) is 5.56 Å². The van der Waals surface area contributed by atoms with Gasteiger partial charge in [-0.25, -0.2) is 4.79 Å². The molecule has 0 aromatic heterocycles. The highest BCUT2D eigenvalue weighted by molar-refractivity contribution is 6.03. The van der Waals surface area contributed by atoms with Crippen LogP contribution in [0.1, 0.15) is 15.9 Å². The summed E-state index contributed by atoms with van der Waals surface area (Å²) in [6, 6.07) is 4.26. The maximum absolute atomic E-state index is 11.3. The van der Waals surface area contributed by atoms with Crippen molar-refractivity contribution in [2.45, 2.75) is 6.42 Å². The van der Waals surface area contributed by atoms with E-state index in [1.54, 1.807) is 0 Å². The fourth-order valence-electron chi connectivity index (χ4n) is 1.40. The Kier molecular flexibility index (Phi) is 2.14. The number of nitrogens with two attached hydrogens (primary N) is 1. The van der Waals surface area contributed by atoms with Crippen LogP contribution in [0.3, 0.4) is 0 Å². The number of anilines is 1. The second-order valence-electron chi connectivity index (χ2n) is 3.11. The lowest BCUT2D eigenvalue weighted by Gasteiger charge is -2.25. The lowest BCUT2D eigenvalue weighted by atomic mass is 10.0. The largest absolute Gasteiger partial charge is 0.743 e. The van der Waals surface area contributed by atoms with Crippen molar-refractivity contribution in [3.63, 3.8) is 0 Å². The van der Waals surface area contributed by atoms with Crippen molar-refractivity contribution in [3.8, 4) is 0 Å². The molecule has 6 heteroatoms. The van der Waals surface area contributed by atoms with Crippen molar-refractivity contribution in [2.75, 3.05) is 5.17 Å². The maximum atomic E-state index is 11.3. The Morgan fingerprint density at radius 2 is 2.13 bits per heavy atom. The molecule has 1 aliphatic rings. The summed E-state index contributed by atoms with van der Waals surface area (Å²) in [5.41, 5.74) is 0.889. The van der Waals surface area contributed by atoms with E-state index < -0.39 is 11.9 Å². The van der Waals surface area contributed by atoms with Gasteiger partial charge in [-0.1, -0.05) is 6.07 Å². The molecule has 1 heterocycles. The summed E-state index contributed by atoms with van der Waals surface area (Å²) in [6.45, 7) is 0. The molecule has 0 atom stereocenters. The van der Waals surface area contributed by atoms with Crippen LogP contribution in [-0.4, -0.2) is 11.9 Å². The van der Waals surface area contributed by atoms with Crippen LogP contribution >= 0.6 is 0 Å². The molecule has 0 bridgehead atoms. The molecule has 0 radical (unpaired) electrons. The van der Waals surface area contributed by atoms with Gasteiger partial charge in [0.05, 0.1) is 12.0 Å². The monoisotopic (exact) mass is 207 g/mol. The van der Waals surface area contributed by atoms with Gasteiger partial charge in [-0.3, -0.25) is 10.6 Å². The fraction of sp³-hybridized carbons (Fsp3) is 0.111. The molecular formula is C9H7N2O4-. The number of benzene rings is 1. The lowest BCUT2D eigenvalue weighted by molar-refractivity contribution is -0.137. The van der Waals surface area contributed by atoms with Crippen molar-refractivity contribution >= 4 is 17.6 Å². The number of nitrogens with zero attached hydrogens (tertiary/aromatic N) is 1. The molecule has 0 amide bonds. The van der Waals surface area contributed by atoms with E-state index in [4.69, 9.17) is 5.84 Å². The maximum Gasteiger partial charge on any atom is 0.346 e. The smallest absolute Gasteiger partial charge is 0.346 e. The molecule has 0 aliphatic carbocycles. The van der Waals surface area contributed by atoms with Crippen LogP contribution in [0.4, 0.5) is 5.69 Å². The highest BCUT2D eigenvalue weighted by Gasteiger charge is 2.24. The summed E-state index contributed by atoms with van der Waals surface area (Å²) in [5, 5.41) is 10.9. The van der Waals surface area contributed by atoms with Gasteiger partial charge in [0.15, 0.2) is 0 Å². The number of fused-ring (bicyclic) bond motifs is 1. The van der Waals surface area contributed by atoms with Crippen molar-refractivity contribution < 1.29 is 14.3 Å². The van der Waals surface area contributed by atoms with Gasteiger partial charge in [-0.05, 0) is 17.7 Å². The van der Waals surface area contributed by atoms with Crippen LogP contribution in [-0.2, 0) is 16.0 Å². The molecule has 6 nitrogen and oxygen atoms in total. The molecule has 1 aromatic carbocycles. The van der Waals surface area contributed by atoms with Gasteiger partial charge in [0.1, 0.15) is 0 Å². The van der Waals surface area contributed by atoms with Gasteiger partial charge < -0.3 is 15.1 Å². The summed E-state index contributed by atoms with van der Waals surface area (Å²) in [6.07, 6.45) is 0.0325. The standard InChI is InChI=1S/C9H7N2O4/c10-11(14)6-2-1-5-3-8(12)15-9(13)7(5)4-6/h1-2,4H,3,10H2/q-1. The summed E-state index contributed by atoms with van der Waals surface area (Å²) in [4.78, 5) is 22.2. The first-order valence-electron chi connectivity index (χ1n) is 4.18. The summed E-state index contributed by atoms with van der Waals surface area (Å²) < 4.78 is 4.41. The Balaban J connectivity index is 2.48. The van der Waals surface area contributed by atoms with Crippen LogP contribution in [0.25, 0.3) is 0 Å². The van der Waals surface area contributed by atoms with Crippen molar-refractivity contribution in [3.05, 3.63) is 34.5 Å². The predicted molar refractivity (Wildman–Crippen MR) is 50.6 cm³/mol. The van der Waals surface area contributed by atoms with Crippen molar-refractivity contribution in [1.29, 1.82) is 0 Å². The summed E-state index contributed by atoms with van der Waals surface area (Å²) in [7, 11) is 0. The van der Waals surface area contributed by atoms with Gasteiger partial charge in [0, 0.05) is 5.69 Å². The number of carbonyl (C=O) groups excluding carboxylic acids is 2. The van der Waals surface area contributed by atoms with Gasteiger partial charge >= 0.3 is 11.9 Å². The van der Waals surface area contributed by atoms with Crippen LogP contribution in [0.15, 0.2) is 18.2 Å². The third-order valence-corrected chi connectivity index (χ3v) is 2.11. The second kappa shape index (κ2) is 3.34. The van der Waals surface area contributed by atoms with E-state index in [9.17, 15) is 14.8 Å². The SMILES string of the molecule is NN([O-])c1ccc2c(c1)C(=O)OC(=O)C2. The van der Waals surface area contributed by atoms with E-state index in [2.05, 4.69) is 4.74 Å². The molecule has 78 valence electrons. The fourth-order valence-corrected chi connectivity index (χ4v) is 1.40. The Bertz CT molecular complexity index is 442. The van der Waals surface area contributed by atoms with Gasteiger partial charge in [-0.15, -0.1) is 0 Å². The number of carbonyl (C=O) groups is 2. The van der Waals surface area contributed by atoms with Crippen molar-refractivity contribution in [2.24, 2.45) is 5.84 Å². The second-order valence-corrected chi connectivity index (χ2v) is 3.11. The van der Waals surface area contributed by atoms with E-state index in [1.807, 2.05) is 0 Å². The molecule has 0 saturated heterocycles. The highest BCUT2D eigenvalue weighted by Crippen LogP contribution is 2.22. The molecule has 2 N–H and O–H groups in total. The highest BCUT2D eigenvalue weighted by atomic mass is 16.6. The Labute approximate surface area is 84.8 Å². The number of ether oxygens (including phenoxy) is 1. The number of hydrogen-bond acceptors (Lipinski definition) is 6. The lowest BCUT2D eigenvalue weighted by Crippen LogP contribution is -2.26. The van der Waals surface area contributed by atoms with Gasteiger partial charge in [0.25, 0.3) is 0 Å². The van der Waals surface area contributed by atoms with Crippen LogP contribution in [0.5, 0.6) is 0 Å². The molecule has 1 aliphatic heterocycles. The van der Waals surface area contributed by atoms with Crippen molar-refractivity contribution in [1.82, 2.24) is 0 Å². The third-order valence-electron chi connectivity index (χ3n) is 2.11. The summed E-state index contributed by atoms with van der Waals surface area (Å²) >= 11 is 0. The Morgan fingerprint density at radius 3 is 2.80 bits per heavy atom. The molecule has 0 fully saturated rings. The molecule has 15 heavy (non-hydrogen) atoms. The molecule has 0 spiro atoms. The zero-order chi connectivity index (χ0) is 11.0. The van der Waals surface area contributed by atoms with Crippen LogP contribution in [0.2, 0.25) is 0 Å². The quantitative estimate of drug-likeness (QED) is 0.304. The minimum Gasteiger partial charge on any atom is -0.743 e. The first kappa shape index (κ1) is 9.63. The van der Waals surface area contributed by atoms with E-state index in [1.165, 1.54) is 18.2 Å². The van der Waals surface area contributed by atoms with Crippen LogP contribution in [0, 0.1) is 5.21 Å². The number of rotatable bonds is 1. The number of hydrogen-bond donors (Lipinski definition) is 1. The Morgan fingerprint density at radius 1 is 1.40 bits per heavy atom. The molecule has 1 aromatic rings. The molecule has 2 rings (SSSR count). The average Bonchev–Trinajstić information content (AvgIpc) is 2.16. The van der Waals surface area contributed by atoms with E-state index in [0.717, 1.165) is 0 Å². The van der Waals surface area contributed by atoms with Gasteiger partial charge in [-0.2, -0.15) is 0 Å². The predicted octanol–water partition coefficient (Wildman–Crippen LogP) is 0.104. The average molecular weight is 207 g/mol. The Hall–Kier alpha value is -1.92. The first-order valence-corrected chi connectivity index (χ1v) is 4.18. The minimum atomic E-state index is -0.745. The normalized spacial score (nSPS) is 14.5. The first-order chi connectivity index (χ1) is 7.08. The van der Waals surface area contributed by atoms with E-state index >= 15 is 0 Å². The van der Waals surface area contributed by atoms with E-state index in [-0.39, 0.29) is 22.8 Å². The van der Waals surface area contributed by atoms with Crippen LogP contribution < -0.4 is 11.0 Å². The topological polar surface area (TPSA) is 95.7 Å². The zero-order valence-electron chi connectivity index (χ0n) is 7.60. The van der Waals surface area contributed by atoms with Gasteiger partial charge in [0.2, 0.25) is 0 Å². The summed E-state index contributed by atoms with van der Waals surface area (Å²) in [5.74, 6) is 3.64. The zero-order valence-corrected chi connectivity index (χ0v) is 7.60. The molecule has 0 unspecified atom stereocenters.